The molecule has 0 aliphatic carbocycles. The zero-order valence-electron chi connectivity index (χ0n) is 10.8. The Balaban J connectivity index is 1.75. The van der Waals surface area contributed by atoms with Gasteiger partial charge < -0.3 is 5.32 Å². The molecule has 98 valence electrons. The molecule has 5 nitrogen and oxygen atoms in total. The van der Waals surface area contributed by atoms with E-state index in [1.807, 2.05) is 30.3 Å². The molecule has 0 aliphatic rings. The zero-order valence-corrected chi connectivity index (χ0v) is 10.8. The first-order valence-corrected chi connectivity index (χ1v) is 6.28. The molecule has 0 aromatic carbocycles. The number of rotatable bonds is 4. The van der Waals surface area contributed by atoms with Crippen LogP contribution < -0.4 is 5.32 Å². The van der Waals surface area contributed by atoms with E-state index in [0.717, 1.165) is 16.8 Å². The monoisotopic (exact) mass is 263 g/mol. The third kappa shape index (κ3) is 2.95. The lowest BCUT2D eigenvalue weighted by atomic mass is 10.2. The van der Waals surface area contributed by atoms with Crippen molar-refractivity contribution in [2.75, 3.05) is 5.32 Å². The van der Waals surface area contributed by atoms with Crippen molar-refractivity contribution < 1.29 is 0 Å². The highest BCUT2D eigenvalue weighted by Gasteiger charge is 2.02. The standard InChI is InChI=1S/C15H13N5/c1-2-13(11-17-6-1)14-5-9-18-15(20-14)19-10-12-3-7-16-8-4-12/h1-9,11H,10H2,(H,18,19,20). The Morgan fingerprint density at radius 1 is 0.900 bits per heavy atom. The number of nitrogens with one attached hydrogen (secondary N) is 1. The number of aromatic nitrogens is 4. The summed E-state index contributed by atoms with van der Waals surface area (Å²) in [7, 11) is 0. The Morgan fingerprint density at radius 3 is 2.60 bits per heavy atom. The molecule has 3 aromatic heterocycles. The van der Waals surface area contributed by atoms with Crippen molar-refractivity contribution in [1.29, 1.82) is 0 Å². The number of anilines is 1. The Hall–Kier alpha value is -2.82. The normalized spacial score (nSPS) is 10.2. The molecule has 0 radical (unpaired) electrons. The van der Waals surface area contributed by atoms with Gasteiger partial charge in [-0.05, 0) is 35.9 Å². The quantitative estimate of drug-likeness (QED) is 0.783. The molecule has 20 heavy (non-hydrogen) atoms. The molecular weight excluding hydrogens is 250 g/mol. The molecular formula is C15H13N5. The fourth-order valence-corrected chi connectivity index (χ4v) is 1.80. The minimum Gasteiger partial charge on any atom is -0.350 e. The highest BCUT2D eigenvalue weighted by molar-refractivity contribution is 5.58. The average Bonchev–Trinajstić information content (AvgIpc) is 2.55. The molecule has 3 heterocycles. The summed E-state index contributed by atoms with van der Waals surface area (Å²) in [4.78, 5) is 16.8. The van der Waals surface area contributed by atoms with Crippen molar-refractivity contribution in [3.8, 4) is 11.3 Å². The molecule has 0 spiro atoms. The van der Waals surface area contributed by atoms with Gasteiger partial charge in [0.1, 0.15) is 0 Å². The minimum atomic E-state index is 0.600. The van der Waals surface area contributed by atoms with Crippen LogP contribution in [0.3, 0.4) is 0 Å². The SMILES string of the molecule is c1cncc(-c2ccnc(NCc3ccncc3)n2)c1. The summed E-state index contributed by atoms with van der Waals surface area (Å²) in [6.45, 7) is 0.666. The van der Waals surface area contributed by atoms with Crippen LogP contribution in [0.1, 0.15) is 5.56 Å². The number of pyridine rings is 2. The van der Waals surface area contributed by atoms with E-state index in [1.54, 1.807) is 31.0 Å². The number of hydrogen-bond acceptors (Lipinski definition) is 5. The summed E-state index contributed by atoms with van der Waals surface area (Å²) in [6, 6.07) is 9.65. The van der Waals surface area contributed by atoms with Gasteiger partial charge in [-0.3, -0.25) is 9.97 Å². The summed E-state index contributed by atoms with van der Waals surface area (Å²) in [5, 5.41) is 3.20. The second kappa shape index (κ2) is 5.88. The van der Waals surface area contributed by atoms with Crippen LogP contribution >= 0.6 is 0 Å². The van der Waals surface area contributed by atoms with Crippen molar-refractivity contribution in [3.63, 3.8) is 0 Å². The van der Waals surface area contributed by atoms with E-state index in [1.165, 1.54) is 0 Å². The van der Waals surface area contributed by atoms with E-state index >= 15 is 0 Å². The molecule has 0 amide bonds. The van der Waals surface area contributed by atoms with Crippen LogP contribution in [-0.2, 0) is 6.54 Å². The maximum atomic E-state index is 4.48. The third-order valence-corrected chi connectivity index (χ3v) is 2.81. The smallest absolute Gasteiger partial charge is 0.223 e. The van der Waals surface area contributed by atoms with Crippen LogP contribution in [0, 0.1) is 0 Å². The highest BCUT2D eigenvalue weighted by Crippen LogP contribution is 2.15. The first-order valence-electron chi connectivity index (χ1n) is 6.28. The second-order valence-electron chi connectivity index (χ2n) is 4.22. The van der Waals surface area contributed by atoms with Crippen molar-refractivity contribution >= 4 is 5.95 Å². The maximum absolute atomic E-state index is 4.48. The topological polar surface area (TPSA) is 63.6 Å². The third-order valence-electron chi connectivity index (χ3n) is 2.81. The van der Waals surface area contributed by atoms with E-state index in [9.17, 15) is 0 Å². The van der Waals surface area contributed by atoms with Crippen LogP contribution in [-0.4, -0.2) is 19.9 Å². The van der Waals surface area contributed by atoms with E-state index in [4.69, 9.17) is 0 Å². The first kappa shape index (κ1) is 12.2. The van der Waals surface area contributed by atoms with Gasteiger partial charge in [0.15, 0.2) is 0 Å². The molecule has 0 fully saturated rings. The van der Waals surface area contributed by atoms with Crippen molar-refractivity contribution in [1.82, 2.24) is 19.9 Å². The molecule has 0 saturated heterocycles. The zero-order chi connectivity index (χ0) is 13.6. The van der Waals surface area contributed by atoms with Crippen LogP contribution in [0.2, 0.25) is 0 Å². The minimum absolute atomic E-state index is 0.600. The van der Waals surface area contributed by atoms with E-state index in [2.05, 4.69) is 25.3 Å². The van der Waals surface area contributed by atoms with Gasteiger partial charge in [0.05, 0.1) is 5.69 Å². The predicted octanol–water partition coefficient (Wildman–Crippen LogP) is 2.55. The predicted molar refractivity (Wildman–Crippen MR) is 76.8 cm³/mol. The molecule has 0 aliphatic heterocycles. The highest BCUT2D eigenvalue weighted by atomic mass is 15.1. The van der Waals surface area contributed by atoms with Gasteiger partial charge in [0.25, 0.3) is 0 Å². The Bertz CT molecular complexity index is 670. The molecule has 5 heteroatoms. The molecule has 0 unspecified atom stereocenters. The summed E-state index contributed by atoms with van der Waals surface area (Å²) in [5.41, 5.74) is 2.96. The molecule has 0 bridgehead atoms. The van der Waals surface area contributed by atoms with Crippen molar-refractivity contribution in [3.05, 3.63) is 66.9 Å². The van der Waals surface area contributed by atoms with Crippen LogP contribution in [0.15, 0.2) is 61.3 Å². The van der Waals surface area contributed by atoms with Gasteiger partial charge >= 0.3 is 0 Å². The lowest BCUT2D eigenvalue weighted by Crippen LogP contribution is -2.03. The number of hydrogen-bond donors (Lipinski definition) is 1. The lowest BCUT2D eigenvalue weighted by molar-refractivity contribution is 1.05. The van der Waals surface area contributed by atoms with Gasteiger partial charge in [-0.2, -0.15) is 0 Å². The largest absolute Gasteiger partial charge is 0.350 e. The van der Waals surface area contributed by atoms with Gasteiger partial charge in [0, 0.05) is 43.1 Å². The molecule has 0 atom stereocenters. The molecule has 3 rings (SSSR count). The fourth-order valence-electron chi connectivity index (χ4n) is 1.80. The van der Waals surface area contributed by atoms with Gasteiger partial charge in [0.2, 0.25) is 5.95 Å². The van der Waals surface area contributed by atoms with Crippen LogP contribution in [0.5, 0.6) is 0 Å². The van der Waals surface area contributed by atoms with Crippen LogP contribution in [0.25, 0.3) is 11.3 Å². The van der Waals surface area contributed by atoms with Gasteiger partial charge in [-0.25, -0.2) is 9.97 Å². The second-order valence-corrected chi connectivity index (χ2v) is 4.22. The molecule has 1 N–H and O–H groups in total. The number of nitrogens with zero attached hydrogens (tertiary/aromatic N) is 4. The molecule has 3 aromatic rings. The van der Waals surface area contributed by atoms with Gasteiger partial charge in [-0.1, -0.05) is 0 Å². The van der Waals surface area contributed by atoms with Crippen LogP contribution in [0.4, 0.5) is 5.95 Å². The summed E-state index contributed by atoms with van der Waals surface area (Å²) < 4.78 is 0. The molecule has 0 saturated carbocycles. The summed E-state index contributed by atoms with van der Waals surface area (Å²) in [5.74, 6) is 0.600. The fraction of sp³-hybridized carbons (Fsp3) is 0.0667. The lowest BCUT2D eigenvalue weighted by Gasteiger charge is -2.06. The van der Waals surface area contributed by atoms with Gasteiger partial charge in [-0.15, -0.1) is 0 Å². The van der Waals surface area contributed by atoms with E-state index in [-0.39, 0.29) is 0 Å². The van der Waals surface area contributed by atoms with E-state index < -0.39 is 0 Å². The van der Waals surface area contributed by atoms with Crippen molar-refractivity contribution in [2.45, 2.75) is 6.54 Å². The Morgan fingerprint density at radius 2 is 1.80 bits per heavy atom. The van der Waals surface area contributed by atoms with E-state index in [0.29, 0.717) is 12.5 Å². The Labute approximate surface area is 116 Å². The summed E-state index contributed by atoms with van der Waals surface area (Å²) >= 11 is 0. The Kier molecular flexibility index (Phi) is 3.59. The maximum Gasteiger partial charge on any atom is 0.223 e. The van der Waals surface area contributed by atoms with Crippen molar-refractivity contribution in [2.24, 2.45) is 0 Å². The average molecular weight is 263 g/mol. The summed E-state index contributed by atoms with van der Waals surface area (Å²) in [6.07, 6.45) is 8.81. The first-order chi connectivity index (χ1) is 9.92.